The SMILES string of the molecule is N#Cc1c(-c2cccnc2)c(-n2c3ccccc3c3c4ccccc4n(-c4ccccc4)c32)c(-c2cccnc2)c(-n2c3ccccc3c3c4ccccc4n(-c4ccccc4)c32)c1-c1cccnc1. The maximum Gasteiger partial charge on any atom is 0.131 e. The Kier molecular flexibility index (Phi) is 8.78. The molecule has 0 bridgehead atoms. The highest BCUT2D eigenvalue weighted by molar-refractivity contribution is 6.25. The largest absolute Gasteiger partial charge is 0.295 e. The van der Waals surface area contributed by atoms with Crippen molar-refractivity contribution in [2.45, 2.75) is 0 Å². The molecule has 0 saturated carbocycles. The minimum Gasteiger partial charge on any atom is -0.295 e. The Balaban J connectivity index is 1.33. The highest BCUT2D eigenvalue weighted by atomic mass is 15.2. The maximum atomic E-state index is 12.2. The average molecular weight is 895 g/mol. The number of nitriles is 1. The van der Waals surface area contributed by atoms with Crippen molar-refractivity contribution in [2.24, 2.45) is 0 Å². The molecule has 7 aromatic heterocycles. The molecule has 0 radical (unpaired) electrons. The molecule has 0 aliphatic carbocycles. The predicted molar refractivity (Wildman–Crippen MR) is 283 cm³/mol. The van der Waals surface area contributed by atoms with Crippen molar-refractivity contribution in [1.29, 1.82) is 5.26 Å². The number of hydrogen-bond acceptors (Lipinski definition) is 4. The highest BCUT2D eigenvalue weighted by Gasteiger charge is 2.35. The first-order valence-corrected chi connectivity index (χ1v) is 23.3. The van der Waals surface area contributed by atoms with Crippen LogP contribution in [0.5, 0.6) is 0 Å². The number of benzene rings is 7. The van der Waals surface area contributed by atoms with Gasteiger partial charge in [0.05, 0.1) is 39.0 Å². The summed E-state index contributed by atoms with van der Waals surface area (Å²) in [7, 11) is 0. The van der Waals surface area contributed by atoms with Gasteiger partial charge >= 0.3 is 0 Å². The van der Waals surface area contributed by atoms with E-state index in [9.17, 15) is 5.26 Å². The van der Waals surface area contributed by atoms with Crippen LogP contribution < -0.4 is 0 Å². The Bertz CT molecular complexity index is 4130. The summed E-state index contributed by atoms with van der Waals surface area (Å²) in [6.07, 6.45) is 11.1. The Morgan fingerprint density at radius 3 is 1.00 bits per heavy atom. The van der Waals surface area contributed by atoms with Crippen LogP contribution in [0.15, 0.2) is 231 Å². The summed E-state index contributed by atoms with van der Waals surface area (Å²) in [5, 5.41) is 18.9. The van der Waals surface area contributed by atoms with Crippen LogP contribution in [-0.4, -0.2) is 33.2 Å². The van der Waals surface area contributed by atoms with Crippen molar-refractivity contribution in [3.63, 3.8) is 0 Å². The molecule has 14 rings (SSSR count). The maximum absolute atomic E-state index is 12.2. The van der Waals surface area contributed by atoms with Crippen LogP contribution in [0, 0.1) is 11.3 Å². The molecule has 0 aliphatic rings. The van der Waals surface area contributed by atoms with Crippen LogP contribution >= 0.6 is 0 Å². The first-order chi connectivity index (χ1) is 34.8. The summed E-state index contributed by atoms with van der Waals surface area (Å²) in [6.45, 7) is 0. The summed E-state index contributed by atoms with van der Waals surface area (Å²) in [6, 6.07) is 70.8. The van der Waals surface area contributed by atoms with Crippen molar-refractivity contribution in [1.82, 2.24) is 33.2 Å². The second kappa shape index (κ2) is 15.6. The second-order valence-corrected chi connectivity index (χ2v) is 17.5. The van der Waals surface area contributed by atoms with Crippen molar-refractivity contribution < 1.29 is 0 Å². The van der Waals surface area contributed by atoms with E-state index in [0.29, 0.717) is 5.56 Å². The number of fused-ring (bicyclic) bond motifs is 10. The van der Waals surface area contributed by atoms with E-state index >= 15 is 0 Å². The molecule has 14 aromatic rings. The van der Waals surface area contributed by atoms with E-state index in [0.717, 1.165) is 122 Å². The lowest BCUT2D eigenvalue weighted by Gasteiger charge is -2.28. The lowest BCUT2D eigenvalue weighted by atomic mass is 9.84. The molecule has 70 heavy (non-hydrogen) atoms. The van der Waals surface area contributed by atoms with Gasteiger partial charge in [-0.15, -0.1) is 0 Å². The van der Waals surface area contributed by atoms with Crippen LogP contribution in [0.25, 0.3) is 122 Å². The van der Waals surface area contributed by atoms with E-state index < -0.39 is 0 Å². The lowest BCUT2D eigenvalue weighted by molar-refractivity contribution is 1.05. The standard InChI is InChI=1S/C62H38N8/c63-36-49-54(40-18-15-33-64-37-40)59(69-52-31-13-9-27-47(52)57-45-25-7-11-29-50(45)67(61(57)69)43-21-3-1-4-22-43)56(42-20-17-35-66-39-42)60(55(49)41-19-16-34-65-38-41)70-53-32-14-10-28-48(53)58-46-26-8-12-30-51(46)68(62(58)70)44-23-5-2-6-24-44/h1-35,37-39H. The molecule has 0 spiro atoms. The van der Waals surface area contributed by atoms with Gasteiger partial charge in [0.15, 0.2) is 0 Å². The van der Waals surface area contributed by atoms with Gasteiger partial charge in [-0.25, -0.2) is 0 Å². The summed E-state index contributed by atoms with van der Waals surface area (Å²) >= 11 is 0. The van der Waals surface area contributed by atoms with E-state index in [2.05, 4.69) is 200 Å². The Morgan fingerprint density at radius 2 is 0.657 bits per heavy atom. The van der Waals surface area contributed by atoms with Gasteiger partial charge in [0, 0.05) is 114 Å². The van der Waals surface area contributed by atoms with Crippen molar-refractivity contribution in [2.75, 3.05) is 0 Å². The highest BCUT2D eigenvalue weighted by Crippen LogP contribution is 2.53. The Morgan fingerprint density at radius 1 is 0.329 bits per heavy atom. The van der Waals surface area contributed by atoms with Crippen molar-refractivity contribution in [3.05, 3.63) is 237 Å². The van der Waals surface area contributed by atoms with Gasteiger partial charge in [0.25, 0.3) is 0 Å². The molecule has 8 heteroatoms. The van der Waals surface area contributed by atoms with Crippen LogP contribution in [-0.2, 0) is 0 Å². The number of aromatic nitrogens is 7. The first kappa shape index (κ1) is 39.3. The van der Waals surface area contributed by atoms with Gasteiger partial charge in [0.2, 0.25) is 0 Å². The zero-order valence-corrected chi connectivity index (χ0v) is 37.5. The van der Waals surface area contributed by atoms with Crippen LogP contribution in [0.2, 0.25) is 0 Å². The molecule has 0 unspecified atom stereocenters. The van der Waals surface area contributed by atoms with E-state index in [1.807, 2.05) is 43.0 Å². The van der Waals surface area contributed by atoms with Crippen molar-refractivity contribution >= 4 is 65.7 Å². The molecule has 7 aromatic carbocycles. The molecule has 326 valence electrons. The summed E-state index contributed by atoms with van der Waals surface area (Å²) in [5.74, 6) is 0. The number of hydrogen-bond donors (Lipinski definition) is 0. The Hall–Kier alpha value is -9.84. The van der Waals surface area contributed by atoms with Gasteiger partial charge in [-0.2, -0.15) is 5.26 Å². The van der Waals surface area contributed by atoms with Gasteiger partial charge < -0.3 is 0 Å². The molecule has 0 saturated heterocycles. The molecule has 0 fully saturated rings. The third-order valence-electron chi connectivity index (χ3n) is 13.8. The summed E-state index contributed by atoms with van der Waals surface area (Å²) < 4.78 is 9.58. The molecule has 0 amide bonds. The molecule has 7 heterocycles. The minimum atomic E-state index is 0.486. The van der Waals surface area contributed by atoms with E-state index in [1.54, 1.807) is 12.4 Å². The fourth-order valence-electron chi connectivity index (χ4n) is 11.2. The third-order valence-corrected chi connectivity index (χ3v) is 13.8. The second-order valence-electron chi connectivity index (χ2n) is 17.5. The number of rotatable bonds is 7. The first-order valence-electron chi connectivity index (χ1n) is 23.3. The molecular formula is C62H38N8. The molecule has 0 aliphatic heterocycles. The fraction of sp³-hybridized carbons (Fsp3) is 0. The monoisotopic (exact) mass is 894 g/mol. The van der Waals surface area contributed by atoms with E-state index in [1.165, 1.54) is 0 Å². The average Bonchev–Trinajstić information content (AvgIpc) is 4.16. The molecule has 8 nitrogen and oxygen atoms in total. The van der Waals surface area contributed by atoms with Gasteiger partial charge in [0.1, 0.15) is 17.4 Å². The minimum absolute atomic E-state index is 0.486. The zero-order valence-electron chi connectivity index (χ0n) is 37.5. The van der Waals surface area contributed by atoms with Crippen LogP contribution in [0.4, 0.5) is 0 Å². The molecule has 0 atom stereocenters. The Labute approximate surface area is 401 Å². The molecule has 0 N–H and O–H groups in total. The van der Waals surface area contributed by atoms with Crippen LogP contribution in [0.3, 0.4) is 0 Å². The lowest BCUT2D eigenvalue weighted by Crippen LogP contribution is -2.13. The van der Waals surface area contributed by atoms with Crippen LogP contribution in [0.1, 0.15) is 5.56 Å². The third kappa shape index (κ3) is 5.60. The number of nitrogens with zero attached hydrogens (tertiary/aromatic N) is 8. The normalized spacial score (nSPS) is 11.7. The van der Waals surface area contributed by atoms with E-state index in [-0.39, 0.29) is 0 Å². The molecular weight excluding hydrogens is 857 g/mol. The summed E-state index contributed by atoms with van der Waals surface area (Å²) in [4.78, 5) is 14.4. The topological polar surface area (TPSA) is 82.2 Å². The fourth-order valence-corrected chi connectivity index (χ4v) is 11.2. The smallest absolute Gasteiger partial charge is 0.131 e. The van der Waals surface area contributed by atoms with E-state index in [4.69, 9.17) is 15.0 Å². The zero-order chi connectivity index (χ0) is 46.3. The van der Waals surface area contributed by atoms with Gasteiger partial charge in [-0.3, -0.25) is 33.2 Å². The van der Waals surface area contributed by atoms with Gasteiger partial charge in [-0.05, 0) is 66.7 Å². The predicted octanol–water partition coefficient (Wildman–Crippen LogP) is 14.8. The number of para-hydroxylation sites is 6. The van der Waals surface area contributed by atoms with Gasteiger partial charge in [-0.1, -0.05) is 127 Å². The van der Waals surface area contributed by atoms with Crippen molar-refractivity contribution in [3.8, 4) is 62.2 Å². The quantitative estimate of drug-likeness (QED) is 0.160. The summed E-state index contributed by atoms with van der Waals surface area (Å²) in [5.41, 5.74) is 15.0. The number of pyridine rings is 3.